The lowest BCUT2D eigenvalue weighted by Gasteiger charge is -2.35. The average molecular weight is 265 g/mol. The van der Waals surface area contributed by atoms with E-state index in [-0.39, 0.29) is 18.0 Å². The SMILES string of the molecule is CN(CC1CC(O)C1)CC1Cc2cc(F)ccc2O1. The molecule has 0 saturated heterocycles. The summed E-state index contributed by atoms with van der Waals surface area (Å²) in [4.78, 5) is 2.25. The molecule has 104 valence electrons. The number of rotatable bonds is 4. The van der Waals surface area contributed by atoms with Crippen molar-refractivity contribution < 1.29 is 14.2 Å². The molecule has 0 bridgehead atoms. The molecule has 1 N–H and O–H groups in total. The largest absolute Gasteiger partial charge is 0.488 e. The minimum Gasteiger partial charge on any atom is -0.488 e. The van der Waals surface area contributed by atoms with Crippen LogP contribution in [0.25, 0.3) is 0 Å². The van der Waals surface area contributed by atoms with Crippen LogP contribution in [0.15, 0.2) is 18.2 Å². The highest BCUT2D eigenvalue weighted by Crippen LogP contribution is 2.31. The van der Waals surface area contributed by atoms with Crippen molar-refractivity contribution in [3.63, 3.8) is 0 Å². The van der Waals surface area contributed by atoms with E-state index in [1.165, 1.54) is 6.07 Å². The molecular weight excluding hydrogens is 245 g/mol. The fourth-order valence-electron chi connectivity index (χ4n) is 3.10. The van der Waals surface area contributed by atoms with Crippen LogP contribution in [0.2, 0.25) is 0 Å². The number of nitrogens with zero attached hydrogens (tertiary/aromatic N) is 1. The number of fused-ring (bicyclic) bond motifs is 1. The van der Waals surface area contributed by atoms with Gasteiger partial charge in [-0.05, 0) is 44.0 Å². The summed E-state index contributed by atoms with van der Waals surface area (Å²) in [6.07, 6.45) is 2.65. The van der Waals surface area contributed by atoms with E-state index in [1.54, 1.807) is 12.1 Å². The first-order valence-electron chi connectivity index (χ1n) is 6.92. The van der Waals surface area contributed by atoms with Crippen molar-refractivity contribution in [1.82, 2.24) is 4.90 Å². The fourth-order valence-corrected chi connectivity index (χ4v) is 3.10. The van der Waals surface area contributed by atoms with Crippen LogP contribution in [0.1, 0.15) is 18.4 Å². The van der Waals surface area contributed by atoms with E-state index in [0.717, 1.165) is 43.7 Å². The van der Waals surface area contributed by atoms with Gasteiger partial charge in [0.2, 0.25) is 0 Å². The van der Waals surface area contributed by atoms with Crippen LogP contribution in [0.3, 0.4) is 0 Å². The Balaban J connectivity index is 1.50. The summed E-state index contributed by atoms with van der Waals surface area (Å²) in [6, 6.07) is 4.73. The van der Waals surface area contributed by atoms with E-state index in [4.69, 9.17) is 4.74 Å². The lowest BCUT2D eigenvalue weighted by atomic mass is 9.82. The van der Waals surface area contributed by atoms with E-state index in [1.807, 2.05) is 0 Å². The summed E-state index contributed by atoms with van der Waals surface area (Å²) >= 11 is 0. The molecule has 3 rings (SSSR count). The Labute approximate surface area is 113 Å². The highest BCUT2D eigenvalue weighted by atomic mass is 19.1. The zero-order chi connectivity index (χ0) is 13.4. The minimum atomic E-state index is -0.195. The zero-order valence-corrected chi connectivity index (χ0v) is 11.2. The zero-order valence-electron chi connectivity index (χ0n) is 11.2. The van der Waals surface area contributed by atoms with Gasteiger partial charge >= 0.3 is 0 Å². The molecule has 1 atom stereocenters. The molecule has 19 heavy (non-hydrogen) atoms. The van der Waals surface area contributed by atoms with Gasteiger partial charge in [0.1, 0.15) is 17.7 Å². The van der Waals surface area contributed by atoms with Gasteiger partial charge in [-0.3, -0.25) is 0 Å². The molecule has 3 nitrogen and oxygen atoms in total. The van der Waals surface area contributed by atoms with Crippen molar-refractivity contribution in [2.75, 3.05) is 20.1 Å². The van der Waals surface area contributed by atoms with Crippen molar-refractivity contribution >= 4 is 0 Å². The van der Waals surface area contributed by atoms with Crippen LogP contribution in [0.4, 0.5) is 4.39 Å². The molecular formula is C15H20FNO2. The molecule has 1 aromatic carbocycles. The maximum Gasteiger partial charge on any atom is 0.123 e. The maximum atomic E-state index is 13.1. The molecule has 0 amide bonds. The van der Waals surface area contributed by atoms with Gasteiger partial charge in [-0.25, -0.2) is 4.39 Å². The molecule has 1 saturated carbocycles. The third-order valence-electron chi connectivity index (χ3n) is 4.06. The number of benzene rings is 1. The van der Waals surface area contributed by atoms with Crippen LogP contribution in [0, 0.1) is 11.7 Å². The highest BCUT2D eigenvalue weighted by Gasteiger charge is 2.30. The number of hydrogen-bond acceptors (Lipinski definition) is 3. The monoisotopic (exact) mass is 265 g/mol. The number of likely N-dealkylation sites (N-methyl/N-ethyl adjacent to an activating group) is 1. The van der Waals surface area contributed by atoms with Crippen LogP contribution in [0.5, 0.6) is 5.75 Å². The summed E-state index contributed by atoms with van der Waals surface area (Å²) in [5.41, 5.74) is 0.970. The smallest absolute Gasteiger partial charge is 0.123 e. The minimum absolute atomic E-state index is 0.0895. The van der Waals surface area contributed by atoms with Gasteiger partial charge < -0.3 is 14.7 Å². The van der Waals surface area contributed by atoms with Crippen LogP contribution < -0.4 is 4.74 Å². The van der Waals surface area contributed by atoms with E-state index in [2.05, 4.69) is 11.9 Å². The first-order valence-corrected chi connectivity index (χ1v) is 6.92. The maximum absolute atomic E-state index is 13.1. The summed E-state index contributed by atoms with van der Waals surface area (Å²) in [5, 5.41) is 9.28. The molecule has 2 aliphatic rings. The quantitative estimate of drug-likeness (QED) is 0.901. The number of halogens is 1. The second-order valence-corrected chi connectivity index (χ2v) is 5.91. The Kier molecular flexibility index (Phi) is 3.46. The Bertz CT molecular complexity index is 459. The molecule has 0 radical (unpaired) electrons. The highest BCUT2D eigenvalue weighted by molar-refractivity contribution is 5.37. The van der Waals surface area contributed by atoms with Gasteiger partial charge in [-0.2, -0.15) is 0 Å². The summed E-state index contributed by atoms with van der Waals surface area (Å²) in [5.74, 6) is 1.24. The van der Waals surface area contributed by atoms with Gasteiger partial charge in [-0.15, -0.1) is 0 Å². The summed E-state index contributed by atoms with van der Waals surface area (Å²) < 4.78 is 19.0. The van der Waals surface area contributed by atoms with Crippen molar-refractivity contribution in [3.05, 3.63) is 29.6 Å². The van der Waals surface area contributed by atoms with Crippen LogP contribution >= 0.6 is 0 Å². The molecule has 0 spiro atoms. The van der Waals surface area contributed by atoms with Crippen molar-refractivity contribution in [2.24, 2.45) is 5.92 Å². The Hall–Kier alpha value is -1.13. The van der Waals surface area contributed by atoms with Gasteiger partial charge in [-0.1, -0.05) is 0 Å². The van der Waals surface area contributed by atoms with E-state index in [9.17, 15) is 9.50 Å². The first-order chi connectivity index (χ1) is 9.10. The first kappa shape index (κ1) is 12.9. The second-order valence-electron chi connectivity index (χ2n) is 5.91. The lowest BCUT2D eigenvalue weighted by Crippen LogP contribution is -2.40. The standard InChI is InChI=1S/C15H20FNO2/c1-17(8-10-4-13(18)5-10)9-14-7-11-6-12(16)2-3-15(11)19-14/h2-3,6,10,13-14,18H,4-5,7-9H2,1H3. The number of aliphatic hydroxyl groups is 1. The third kappa shape index (κ3) is 2.90. The van der Waals surface area contributed by atoms with Crippen molar-refractivity contribution in [3.8, 4) is 5.75 Å². The van der Waals surface area contributed by atoms with Gasteiger partial charge in [0.05, 0.1) is 6.10 Å². The number of ether oxygens (including phenoxy) is 1. The summed E-state index contributed by atoms with van der Waals surface area (Å²) in [6.45, 7) is 1.85. The average Bonchev–Trinajstić information content (AvgIpc) is 2.68. The molecule has 1 heterocycles. The van der Waals surface area contributed by atoms with E-state index >= 15 is 0 Å². The third-order valence-corrected chi connectivity index (χ3v) is 4.06. The molecule has 0 aromatic heterocycles. The van der Waals surface area contributed by atoms with Crippen LogP contribution in [-0.4, -0.2) is 42.4 Å². The normalized spacial score (nSPS) is 28.9. The van der Waals surface area contributed by atoms with Gasteiger partial charge in [0.25, 0.3) is 0 Å². The van der Waals surface area contributed by atoms with E-state index < -0.39 is 0 Å². The molecule has 1 unspecified atom stereocenters. The molecule has 1 aliphatic carbocycles. The lowest BCUT2D eigenvalue weighted by molar-refractivity contribution is 0.0239. The fraction of sp³-hybridized carbons (Fsp3) is 0.600. The second kappa shape index (κ2) is 5.10. The molecule has 4 heteroatoms. The number of hydrogen-bond donors (Lipinski definition) is 1. The molecule has 1 aromatic rings. The van der Waals surface area contributed by atoms with Crippen molar-refractivity contribution in [1.29, 1.82) is 0 Å². The Morgan fingerprint density at radius 2 is 2.16 bits per heavy atom. The van der Waals surface area contributed by atoms with Gasteiger partial charge in [0.15, 0.2) is 0 Å². The predicted molar refractivity (Wildman–Crippen MR) is 70.7 cm³/mol. The van der Waals surface area contributed by atoms with E-state index in [0.29, 0.717) is 5.92 Å². The predicted octanol–water partition coefficient (Wildman–Crippen LogP) is 1.83. The molecule has 1 fully saturated rings. The van der Waals surface area contributed by atoms with Crippen LogP contribution in [-0.2, 0) is 6.42 Å². The summed E-state index contributed by atoms with van der Waals surface area (Å²) in [7, 11) is 2.08. The topological polar surface area (TPSA) is 32.7 Å². The molecule has 1 aliphatic heterocycles. The van der Waals surface area contributed by atoms with Gasteiger partial charge in [0, 0.05) is 25.1 Å². The van der Waals surface area contributed by atoms with Crippen molar-refractivity contribution in [2.45, 2.75) is 31.5 Å². The number of aliphatic hydroxyl groups excluding tert-OH is 1. The Morgan fingerprint density at radius 3 is 2.89 bits per heavy atom. The Morgan fingerprint density at radius 1 is 1.37 bits per heavy atom.